The molecular formula is C20H25N3O2. The van der Waals surface area contributed by atoms with Gasteiger partial charge in [0.25, 0.3) is 0 Å². The molecule has 2 aromatic rings. The summed E-state index contributed by atoms with van der Waals surface area (Å²) in [5, 5.41) is 4.12. The number of ether oxygens (including phenoxy) is 1. The van der Waals surface area contributed by atoms with Crippen LogP contribution in [0.5, 0.6) is 0 Å². The predicted molar refractivity (Wildman–Crippen MR) is 98.7 cm³/mol. The van der Waals surface area contributed by atoms with Gasteiger partial charge in [-0.05, 0) is 43.2 Å². The molecule has 0 saturated carbocycles. The average Bonchev–Trinajstić information content (AvgIpc) is 3.32. The molecule has 2 atom stereocenters. The fourth-order valence-corrected chi connectivity index (χ4v) is 3.99. The van der Waals surface area contributed by atoms with E-state index in [1.54, 1.807) is 0 Å². The van der Waals surface area contributed by atoms with Gasteiger partial charge in [-0.3, -0.25) is 4.98 Å². The molecule has 5 heteroatoms. The molecule has 0 aliphatic carbocycles. The van der Waals surface area contributed by atoms with Crippen LogP contribution in [-0.2, 0) is 11.2 Å². The smallest absolute Gasteiger partial charge is 0.321 e. The summed E-state index contributed by atoms with van der Waals surface area (Å²) in [6.45, 7) is 5.47. The standard InChI is InChI=1S/C20H25N3O2/c1-2-16-11-19(17-5-3-4-6-18(17)21-16)22-20(24)23-9-7-14(12-23)15-8-10-25-13-15/h3-6,11,14-15H,2,7-10,12-13H2,1H3,(H,21,22,24). The molecule has 4 rings (SSSR count). The van der Waals surface area contributed by atoms with Crippen molar-refractivity contribution in [3.8, 4) is 0 Å². The quantitative estimate of drug-likeness (QED) is 0.928. The largest absolute Gasteiger partial charge is 0.381 e. The van der Waals surface area contributed by atoms with Crippen LogP contribution >= 0.6 is 0 Å². The van der Waals surface area contributed by atoms with Crippen molar-refractivity contribution < 1.29 is 9.53 Å². The summed E-state index contributed by atoms with van der Waals surface area (Å²) in [7, 11) is 0. The minimum absolute atomic E-state index is 0.000165. The number of pyridine rings is 1. The molecule has 132 valence electrons. The van der Waals surface area contributed by atoms with Crippen LogP contribution in [-0.4, -0.2) is 42.2 Å². The summed E-state index contributed by atoms with van der Waals surface area (Å²) in [4.78, 5) is 19.4. The van der Waals surface area contributed by atoms with Gasteiger partial charge >= 0.3 is 6.03 Å². The predicted octanol–water partition coefficient (Wildman–Crippen LogP) is 3.69. The summed E-state index contributed by atoms with van der Waals surface area (Å²) >= 11 is 0. The van der Waals surface area contributed by atoms with Gasteiger partial charge in [0.15, 0.2) is 0 Å². The van der Waals surface area contributed by atoms with E-state index in [0.717, 1.165) is 67.8 Å². The monoisotopic (exact) mass is 339 g/mol. The summed E-state index contributed by atoms with van der Waals surface area (Å²) in [6, 6.07) is 9.97. The van der Waals surface area contributed by atoms with Crippen molar-refractivity contribution >= 4 is 22.6 Å². The molecule has 2 aliphatic rings. The first-order valence-electron chi connectivity index (χ1n) is 9.27. The molecule has 5 nitrogen and oxygen atoms in total. The Kier molecular flexibility index (Phi) is 4.57. The molecule has 2 amide bonds. The molecule has 2 fully saturated rings. The molecule has 0 spiro atoms. The second-order valence-electron chi connectivity index (χ2n) is 7.08. The zero-order chi connectivity index (χ0) is 17.2. The Labute approximate surface area is 148 Å². The third kappa shape index (κ3) is 3.33. The second-order valence-corrected chi connectivity index (χ2v) is 7.08. The number of nitrogens with one attached hydrogen (secondary N) is 1. The number of para-hydroxylation sites is 1. The van der Waals surface area contributed by atoms with Crippen LogP contribution in [0.2, 0.25) is 0 Å². The number of hydrogen-bond donors (Lipinski definition) is 1. The molecule has 2 aliphatic heterocycles. The number of urea groups is 1. The molecular weight excluding hydrogens is 314 g/mol. The maximum absolute atomic E-state index is 12.8. The highest BCUT2D eigenvalue weighted by molar-refractivity contribution is 6.00. The number of anilines is 1. The Morgan fingerprint density at radius 2 is 2.20 bits per heavy atom. The van der Waals surface area contributed by atoms with Gasteiger partial charge in [0.2, 0.25) is 0 Å². The van der Waals surface area contributed by atoms with E-state index in [4.69, 9.17) is 4.74 Å². The zero-order valence-electron chi connectivity index (χ0n) is 14.7. The molecule has 1 aromatic heterocycles. The van der Waals surface area contributed by atoms with E-state index in [0.29, 0.717) is 11.8 Å². The first-order chi connectivity index (χ1) is 12.2. The number of fused-ring (bicyclic) bond motifs is 1. The normalized spacial score (nSPS) is 23.3. The number of rotatable bonds is 3. The van der Waals surface area contributed by atoms with Crippen LogP contribution in [0.15, 0.2) is 30.3 Å². The van der Waals surface area contributed by atoms with Gasteiger partial charge in [-0.2, -0.15) is 0 Å². The highest BCUT2D eigenvalue weighted by Crippen LogP contribution is 2.31. The average molecular weight is 339 g/mol. The van der Waals surface area contributed by atoms with Gasteiger partial charge in [0, 0.05) is 37.4 Å². The molecule has 2 saturated heterocycles. The van der Waals surface area contributed by atoms with E-state index in [1.807, 2.05) is 35.2 Å². The van der Waals surface area contributed by atoms with E-state index >= 15 is 0 Å². The van der Waals surface area contributed by atoms with Crippen LogP contribution in [0.4, 0.5) is 10.5 Å². The highest BCUT2D eigenvalue weighted by atomic mass is 16.5. The number of likely N-dealkylation sites (tertiary alicyclic amines) is 1. The number of aryl methyl sites for hydroxylation is 1. The highest BCUT2D eigenvalue weighted by Gasteiger charge is 2.33. The van der Waals surface area contributed by atoms with Crippen molar-refractivity contribution in [3.05, 3.63) is 36.0 Å². The van der Waals surface area contributed by atoms with Crippen LogP contribution < -0.4 is 5.32 Å². The Morgan fingerprint density at radius 3 is 3.00 bits per heavy atom. The van der Waals surface area contributed by atoms with Crippen LogP contribution in [0.1, 0.15) is 25.5 Å². The molecule has 25 heavy (non-hydrogen) atoms. The lowest BCUT2D eigenvalue weighted by atomic mass is 9.91. The minimum atomic E-state index is -0.000165. The fourth-order valence-electron chi connectivity index (χ4n) is 3.99. The SMILES string of the molecule is CCc1cc(NC(=O)N2CCC(C3CCOC3)C2)c2ccccc2n1. The molecule has 0 radical (unpaired) electrons. The zero-order valence-corrected chi connectivity index (χ0v) is 14.7. The van der Waals surface area contributed by atoms with Crippen molar-refractivity contribution in [3.63, 3.8) is 0 Å². The Morgan fingerprint density at radius 1 is 1.32 bits per heavy atom. The maximum Gasteiger partial charge on any atom is 0.321 e. The molecule has 1 N–H and O–H groups in total. The van der Waals surface area contributed by atoms with Crippen molar-refractivity contribution in [2.24, 2.45) is 11.8 Å². The molecule has 0 bridgehead atoms. The van der Waals surface area contributed by atoms with Crippen LogP contribution in [0.3, 0.4) is 0 Å². The van der Waals surface area contributed by atoms with Gasteiger partial charge in [-0.15, -0.1) is 0 Å². The first kappa shape index (κ1) is 16.3. The number of aromatic nitrogens is 1. The second kappa shape index (κ2) is 7.00. The van der Waals surface area contributed by atoms with Gasteiger partial charge < -0.3 is 15.0 Å². The molecule has 1 aromatic carbocycles. The van der Waals surface area contributed by atoms with Gasteiger partial charge in [0.05, 0.1) is 11.2 Å². The maximum atomic E-state index is 12.8. The fraction of sp³-hybridized carbons (Fsp3) is 0.500. The Balaban J connectivity index is 1.50. The molecule has 2 unspecified atom stereocenters. The third-order valence-electron chi connectivity index (χ3n) is 5.52. The number of amides is 2. The van der Waals surface area contributed by atoms with Crippen molar-refractivity contribution in [1.29, 1.82) is 0 Å². The van der Waals surface area contributed by atoms with E-state index in [9.17, 15) is 4.79 Å². The van der Waals surface area contributed by atoms with Gasteiger partial charge in [-0.25, -0.2) is 4.79 Å². The lowest BCUT2D eigenvalue weighted by molar-refractivity contribution is 0.171. The van der Waals surface area contributed by atoms with E-state index in [2.05, 4.69) is 17.2 Å². The van der Waals surface area contributed by atoms with Crippen LogP contribution in [0, 0.1) is 11.8 Å². The number of benzene rings is 1. The topological polar surface area (TPSA) is 54.5 Å². The summed E-state index contributed by atoms with van der Waals surface area (Å²) in [5.74, 6) is 1.19. The summed E-state index contributed by atoms with van der Waals surface area (Å²) < 4.78 is 5.51. The number of hydrogen-bond acceptors (Lipinski definition) is 3. The van der Waals surface area contributed by atoms with E-state index < -0.39 is 0 Å². The summed E-state index contributed by atoms with van der Waals surface area (Å²) in [5.41, 5.74) is 2.79. The van der Waals surface area contributed by atoms with Crippen molar-refractivity contribution in [1.82, 2.24) is 9.88 Å². The van der Waals surface area contributed by atoms with E-state index in [1.165, 1.54) is 0 Å². The Bertz CT molecular complexity index is 771. The van der Waals surface area contributed by atoms with Crippen molar-refractivity contribution in [2.45, 2.75) is 26.2 Å². The molecule has 3 heterocycles. The van der Waals surface area contributed by atoms with Gasteiger partial charge in [-0.1, -0.05) is 25.1 Å². The minimum Gasteiger partial charge on any atom is -0.381 e. The third-order valence-corrected chi connectivity index (χ3v) is 5.52. The number of nitrogens with zero attached hydrogens (tertiary/aromatic N) is 2. The first-order valence-corrected chi connectivity index (χ1v) is 9.27. The number of carbonyl (C=O) groups excluding carboxylic acids is 1. The lowest BCUT2D eigenvalue weighted by Gasteiger charge is -2.20. The lowest BCUT2D eigenvalue weighted by Crippen LogP contribution is -2.34. The summed E-state index contributed by atoms with van der Waals surface area (Å²) in [6.07, 6.45) is 3.06. The Hall–Kier alpha value is -2.14. The van der Waals surface area contributed by atoms with Crippen LogP contribution in [0.25, 0.3) is 10.9 Å². The van der Waals surface area contributed by atoms with Crippen molar-refractivity contribution in [2.75, 3.05) is 31.6 Å². The van der Waals surface area contributed by atoms with Gasteiger partial charge in [0.1, 0.15) is 0 Å². The number of carbonyl (C=O) groups is 1. The van der Waals surface area contributed by atoms with E-state index in [-0.39, 0.29) is 6.03 Å².